The van der Waals surface area contributed by atoms with Gasteiger partial charge in [-0.15, -0.1) is 0 Å². The predicted octanol–water partition coefficient (Wildman–Crippen LogP) is 2.60. The van der Waals surface area contributed by atoms with E-state index in [0.29, 0.717) is 11.6 Å². The van der Waals surface area contributed by atoms with E-state index in [1.54, 1.807) is 0 Å². The lowest BCUT2D eigenvalue weighted by Gasteiger charge is -2.09. The van der Waals surface area contributed by atoms with Crippen LogP contribution >= 0.6 is 11.6 Å². The SMILES string of the molecule is Cc1nn(-c2ccccc2CN)c(C)c1Cl. The third-order valence-electron chi connectivity index (χ3n) is 2.64. The van der Waals surface area contributed by atoms with Crippen LogP contribution in [-0.2, 0) is 6.54 Å². The van der Waals surface area contributed by atoms with Gasteiger partial charge in [-0.1, -0.05) is 29.8 Å². The molecule has 1 aromatic heterocycles. The first-order chi connectivity index (χ1) is 7.65. The summed E-state index contributed by atoms with van der Waals surface area (Å²) < 4.78 is 1.85. The van der Waals surface area contributed by atoms with Crippen molar-refractivity contribution in [3.8, 4) is 5.69 Å². The smallest absolute Gasteiger partial charge is 0.0848 e. The molecule has 16 heavy (non-hydrogen) atoms. The van der Waals surface area contributed by atoms with E-state index in [0.717, 1.165) is 22.6 Å². The van der Waals surface area contributed by atoms with Crippen LogP contribution < -0.4 is 5.73 Å². The molecule has 4 heteroatoms. The topological polar surface area (TPSA) is 43.8 Å². The van der Waals surface area contributed by atoms with Gasteiger partial charge in [-0.3, -0.25) is 0 Å². The molecule has 0 bridgehead atoms. The minimum absolute atomic E-state index is 0.492. The van der Waals surface area contributed by atoms with E-state index in [4.69, 9.17) is 17.3 Å². The summed E-state index contributed by atoms with van der Waals surface area (Å²) in [5.74, 6) is 0. The third-order valence-corrected chi connectivity index (χ3v) is 3.19. The standard InChI is InChI=1S/C12H14ClN3/c1-8-12(13)9(2)16(15-8)11-6-4-3-5-10(11)7-14/h3-6H,7,14H2,1-2H3. The van der Waals surface area contributed by atoms with E-state index in [9.17, 15) is 0 Å². The molecule has 0 saturated heterocycles. The van der Waals surface area contributed by atoms with Gasteiger partial charge in [0.1, 0.15) is 0 Å². The summed E-state index contributed by atoms with van der Waals surface area (Å²) in [6, 6.07) is 7.94. The first-order valence-corrected chi connectivity index (χ1v) is 5.53. The number of nitrogens with zero attached hydrogens (tertiary/aromatic N) is 2. The van der Waals surface area contributed by atoms with Gasteiger partial charge in [0.15, 0.2) is 0 Å². The number of hydrogen-bond donors (Lipinski definition) is 1. The highest BCUT2D eigenvalue weighted by Gasteiger charge is 2.12. The van der Waals surface area contributed by atoms with Crippen molar-refractivity contribution in [2.45, 2.75) is 20.4 Å². The van der Waals surface area contributed by atoms with Crippen molar-refractivity contribution >= 4 is 11.6 Å². The van der Waals surface area contributed by atoms with Crippen LogP contribution in [0, 0.1) is 13.8 Å². The Labute approximate surface area is 99.8 Å². The highest BCUT2D eigenvalue weighted by molar-refractivity contribution is 6.31. The minimum Gasteiger partial charge on any atom is -0.326 e. The molecule has 0 amide bonds. The number of rotatable bonds is 2. The molecule has 0 saturated carbocycles. The second-order valence-corrected chi connectivity index (χ2v) is 4.11. The van der Waals surface area contributed by atoms with E-state index in [1.807, 2.05) is 42.8 Å². The molecule has 3 nitrogen and oxygen atoms in total. The van der Waals surface area contributed by atoms with E-state index < -0.39 is 0 Å². The van der Waals surface area contributed by atoms with Crippen LogP contribution in [-0.4, -0.2) is 9.78 Å². The summed E-state index contributed by atoms with van der Waals surface area (Å²) in [4.78, 5) is 0. The average molecular weight is 236 g/mol. The van der Waals surface area contributed by atoms with E-state index in [1.165, 1.54) is 0 Å². The number of benzene rings is 1. The molecule has 2 rings (SSSR count). The molecule has 0 aliphatic carbocycles. The lowest BCUT2D eigenvalue weighted by atomic mass is 10.2. The van der Waals surface area contributed by atoms with Crippen molar-refractivity contribution in [2.24, 2.45) is 5.73 Å². The fourth-order valence-electron chi connectivity index (χ4n) is 1.75. The van der Waals surface area contributed by atoms with Crippen LogP contribution in [0.3, 0.4) is 0 Å². The van der Waals surface area contributed by atoms with Gasteiger partial charge in [0, 0.05) is 6.54 Å². The zero-order chi connectivity index (χ0) is 11.7. The second-order valence-electron chi connectivity index (χ2n) is 3.73. The Morgan fingerprint density at radius 3 is 2.56 bits per heavy atom. The molecule has 0 spiro atoms. The summed E-state index contributed by atoms with van der Waals surface area (Å²) >= 11 is 6.13. The summed E-state index contributed by atoms with van der Waals surface area (Å²) in [5, 5.41) is 5.13. The molecule has 0 atom stereocenters. The van der Waals surface area contributed by atoms with Crippen LogP contribution in [0.25, 0.3) is 5.69 Å². The first kappa shape index (κ1) is 11.2. The van der Waals surface area contributed by atoms with Gasteiger partial charge in [0.2, 0.25) is 0 Å². The average Bonchev–Trinajstić information content (AvgIpc) is 2.57. The molecule has 0 unspecified atom stereocenters. The third kappa shape index (κ3) is 1.72. The molecular formula is C12H14ClN3. The largest absolute Gasteiger partial charge is 0.326 e. The van der Waals surface area contributed by atoms with Crippen molar-refractivity contribution in [3.63, 3.8) is 0 Å². The van der Waals surface area contributed by atoms with Crippen molar-refractivity contribution in [1.82, 2.24) is 9.78 Å². The molecule has 0 fully saturated rings. The van der Waals surface area contributed by atoms with Crippen molar-refractivity contribution in [2.75, 3.05) is 0 Å². The molecule has 2 N–H and O–H groups in total. The number of halogens is 1. The molecule has 0 aliphatic rings. The van der Waals surface area contributed by atoms with Gasteiger partial charge in [-0.05, 0) is 25.5 Å². The van der Waals surface area contributed by atoms with Crippen molar-refractivity contribution < 1.29 is 0 Å². The molecular weight excluding hydrogens is 222 g/mol. The van der Waals surface area contributed by atoms with Crippen LogP contribution in [0.5, 0.6) is 0 Å². The molecule has 0 aliphatic heterocycles. The normalized spacial score (nSPS) is 10.8. The van der Waals surface area contributed by atoms with Gasteiger partial charge in [0.25, 0.3) is 0 Å². The molecule has 2 aromatic rings. The Hall–Kier alpha value is -1.32. The number of aromatic nitrogens is 2. The zero-order valence-electron chi connectivity index (χ0n) is 9.37. The summed E-state index contributed by atoms with van der Waals surface area (Å²) in [7, 11) is 0. The maximum Gasteiger partial charge on any atom is 0.0848 e. The predicted molar refractivity (Wildman–Crippen MR) is 65.9 cm³/mol. The molecule has 0 radical (unpaired) electrons. The van der Waals surface area contributed by atoms with E-state index in [-0.39, 0.29) is 0 Å². The van der Waals surface area contributed by atoms with Gasteiger partial charge in [0.05, 0.1) is 22.1 Å². The lowest BCUT2D eigenvalue weighted by molar-refractivity contribution is 0.818. The Kier molecular flexibility index (Phi) is 2.99. The fourth-order valence-corrected chi connectivity index (χ4v) is 1.87. The Morgan fingerprint density at radius 2 is 2.00 bits per heavy atom. The second kappa shape index (κ2) is 4.28. The summed E-state index contributed by atoms with van der Waals surface area (Å²) in [6.45, 7) is 4.35. The zero-order valence-corrected chi connectivity index (χ0v) is 10.1. The van der Waals surface area contributed by atoms with Crippen LogP contribution in [0.15, 0.2) is 24.3 Å². The fraction of sp³-hybridized carbons (Fsp3) is 0.250. The molecule has 1 aromatic carbocycles. The number of hydrogen-bond acceptors (Lipinski definition) is 2. The highest BCUT2D eigenvalue weighted by Crippen LogP contribution is 2.23. The maximum atomic E-state index is 6.13. The Morgan fingerprint density at radius 1 is 1.31 bits per heavy atom. The van der Waals surface area contributed by atoms with Crippen molar-refractivity contribution in [3.05, 3.63) is 46.2 Å². The summed E-state index contributed by atoms with van der Waals surface area (Å²) in [6.07, 6.45) is 0. The van der Waals surface area contributed by atoms with Gasteiger partial charge < -0.3 is 5.73 Å². The number of nitrogens with two attached hydrogens (primary N) is 1. The Balaban J connectivity index is 2.63. The van der Waals surface area contributed by atoms with E-state index in [2.05, 4.69) is 5.10 Å². The minimum atomic E-state index is 0.492. The van der Waals surface area contributed by atoms with E-state index >= 15 is 0 Å². The number of aryl methyl sites for hydroxylation is 1. The van der Waals surface area contributed by atoms with Crippen molar-refractivity contribution in [1.29, 1.82) is 0 Å². The maximum absolute atomic E-state index is 6.13. The van der Waals surface area contributed by atoms with Crippen LogP contribution in [0.4, 0.5) is 0 Å². The van der Waals surface area contributed by atoms with Crippen LogP contribution in [0.2, 0.25) is 5.02 Å². The van der Waals surface area contributed by atoms with Gasteiger partial charge in [-0.25, -0.2) is 4.68 Å². The highest BCUT2D eigenvalue weighted by atomic mass is 35.5. The molecule has 1 heterocycles. The van der Waals surface area contributed by atoms with Crippen LogP contribution in [0.1, 0.15) is 17.0 Å². The Bertz CT molecular complexity index is 517. The summed E-state index contributed by atoms with van der Waals surface area (Å²) in [5.41, 5.74) is 9.55. The quantitative estimate of drug-likeness (QED) is 0.870. The molecule has 84 valence electrons. The van der Waals surface area contributed by atoms with Gasteiger partial charge in [-0.2, -0.15) is 5.10 Å². The first-order valence-electron chi connectivity index (χ1n) is 5.15. The van der Waals surface area contributed by atoms with Gasteiger partial charge >= 0.3 is 0 Å². The monoisotopic (exact) mass is 235 g/mol. The lowest BCUT2D eigenvalue weighted by Crippen LogP contribution is -2.06. The number of para-hydroxylation sites is 1.